The van der Waals surface area contributed by atoms with Gasteiger partial charge < -0.3 is 5.32 Å². The van der Waals surface area contributed by atoms with Gasteiger partial charge in [0, 0.05) is 5.69 Å². The van der Waals surface area contributed by atoms with Gasteiger partial charge in [-0.3, -0.25) is 0 Å². The van der Waals surface area contributed by atoms with Crippen molar-refractivity contribution in [1.82, 2.24) is 0 Å². The van der Waals surface area contributed by atoms with Gasteiger partial charge in [0.25, 0.3) is 0 Å². The van der Waals surface area contributed by atoms with Gasteiger partial charge in [-0.2, -0.15) is 0 Å². The molecule has 0 bridgehead atoms. The summed E-state index contributed by atoms with van der Waals surface area (Å²) >= 11 is 0. The summed E-state index contributed by atoms with van der Waals surface area (Å²) < 4.78 is 0. The van der Waals surface area contributed by atoms with Gasteiger partial charge in [-0.05, 0) is 56.8 Å². The molecule has 3 aromatic rings. The predicted octanol–water partition coefficient (Wildman–Crippen LogP) is 9.29. The topological polar surface area (TPSA) is 12.0 Å². The standard InChI is InChI=1S/C31H42NP/c1-20(2)25-16-12-17-26(21(3)4)29(25)32-31(24-14-10-9-11-15-24)33-30-27(22(5)6)18-13-19-28(30)23(7)8/h9-23,31-33H,1-8H3. The second kappa shape index (κ2) is 11.3. The first-order valence-corrected chi connectivity index (χ1v) is 13.6. The number of nitrogens with one attached hydrogen (secondary N) is 1. The fraction of sp³-hybridized carbons (Fsp3) is 0.419. The van der Waals surface area contributed by atoms with Gasteiger partial charge in [-0.25, -0.2) is 0 Å². The van der Waals surface area contributed by atoms with Gasteiger partial charge in [-0.15, -0.1) is 0 Å². The summed E-state index contributed by atoms with van der Waals surface area (Å²) in [6.45, 7) is 18.5. The quantitative estimate of drug-likeness (QED) is 0.314. The molecule has 3 aromatic carbocycles. The summed E-state index contributed by atoms with van der Waals surface area (Å²) in [5.74, 6) is 2.20. The van der Waals surface area contributed by atoms with Crippen LogP contribution in [0.3, 0.4) is 0 Å². The van der Waals surface area contributed by atoms with E-state index in [9.17, 15) is 0 Å². The van der Waals surface area contributed by atoms with Crippen LogP contribution < -0.4 is 10.6 Å². The van der Waals surface area contributed by atoms with Crippen molar-refractivity contribution in [3.63, 3.8) is 0 Å². The van der Waals surface area contributed by atoms with Crippen LogP contribution in [0.1, 0.15) is 113 Å². The highest BCUT2D eigenvalue weighted by Crippen LogP contribution is 2.42. The first kappa shape index (κ1) is 25.5. The highest BCUT2D eigenvalue weighted by molar-refractivity contribution is 7.48. The summed E-state index contributed by atoms with van der Waals surface area (Å²) in [7, 11) is 0.651. The number of hydrogen-bond acceptors (Lipinski definition) is 1. The van der Waals surface area contributed by atoms with E-state index >= 15 is 0 Å². The first-order chi connectivity index (χ1) is 15.7. The van der Waals surface area contributed by atoms with Crippen LogP contribution in [0.4, 0.5) is 5.69 Å². The van der Waals surface area contributed by atoms with Gasteiger partial charge in [0.2, 0.25) is 0 Å². The van der Waals surface area contributed by atoms with Crippen LogP contribution in [0, 0.1) is 0 Å². The molecule has 0 saturated carbocycles. The molecule has 0 aliphatic carbocycles. The molecule has 1 N–H and O–H groups in total. The predicted molar refractivity (Wildman–Crippen MR) is 150 cm³/mol. The Labute approximate surface area is 204 Å². The molecular formula is C31H42NP. The van der Waals surface area contributed by atoms with E-state index in [1.807, 2.05) is 0 Å². The minimum absolute atomic E-state index is 0.237. The second-order valence-electron chi connectivity index (χ2n) is 10.4. The molecule has 3 rings (SSSR count). The lowest BCUT2D eigenvalue weighted by molar-refractivity contribution is 0.831. The Morgan fingerprint density at radius 2 is 0.939 bits per heavy atom. The second-order valence-corrected chi connectivity index (χ2v) is 11.7. The third kappa shape index (κ3) is 6.07. The summed E-state index contributed by atoms with van der Waals surface area (Å²) in [5.41, 5.74) is 8.49. The molecule has 0 aromatic heterocycles. The molecule has 0 saturated heterocycles. The fourth-order valence-electron chi connectivity index (χ4n) is 4.57. The summed E-state index contributed by atoms with van der Waals surface area (Å²) in [5, 5.41) is 5.63. The van der Waals surface area contributed by atoms with Crippen molar-refractivity contribution in [3.05, 3.63) is 94.5 Å². The third-order valence-corrected chi connectivity index (χ3v) is 8.09. The minimum Gasteiger partial charge on any atom is -0.374 e. The number of hydrogen-bond donors (Lipinski definition) is 1. The maximum Gasteiger partial charge on any atom is 0.0723 e. The lowest BCUT2D eigenvalue weighted by Gasteiger charge is -2.29. The average Bonchev–Trinajstić information content (AvgIpc) is 2.78. The van der Waals surface area contributed by atoms with E-state index in [0.29, 0.717) is 32.3 Å². The van der Waals surface area contributed by atoms with Crippen molar-refractivity contribution >= 4 is 19.6 Å². The van der Waals surface area contributed by atoms with E-state index in [2.05, 4.69) is 127 Å². The summed E-state index contributed by atoms with van der Waals surface area (Å²) in [6, 6.07) is 24.8. The van der Waals surface area contributed by atoms with Crippen LogP contribution in [0.5, 0.6) is 0 Å². The van der Waals surface area contributed by atoms with Crippen molar-refractivity contribution in [1.29, 1.82) is 0 Å². The van der Waals surface area contributed by atoms with E-state index in [1.165, 1.54) is 38.8 Å². The third-order valence-electron chi connectivity index (χ3n) is 6.46. The normalized spacial score (nSPS) is 13.1. The van der Waals surface area contributed by atoms with Crippen LogP contribution in [-0.4, -0.2) is 0 Å². The molecule has 2 heteroatoms. The smallest absolute Gasteiger partial charge is 0.0723 e. The Hall–Kier alpha value is -2.11. The zero-order chi connectivity index (χ0) is 24.1. The molecule has 1 nitrogen and oxygen atoms in total. The zero-order valence-corrected chi connectivity index (χ0v) is 22.7. The van der Waals surface area contributed by atoms with Crippen LogP contribution in [0.25, 0.3) is 0 Å². The number of benzene rings is 3. The van der Waals surface area contributed by atoms with Crippen LogP contribution in [-0.2, 0) is 0 Å². The molecule has 0 amide bonds. The molecule has 0 heterocycles. The van der Waals surface area contributed by atoms with Gasteiger partial charge in [0.05, 0.1) is 5.78 Å². The van der Waals surface area contributed by atoms with E-state index in [-0.39, 0.29) is 5.78 Å². The van der Waals surface area contributed by atoms with Gasteiger partial charge >= 0.3 is 0 Å². The van der Waals surface area contributed by atoms with Crippen LogP contribution in [0.15, 0.2) is 66.7 Å². The molecule has 176 valence electrons. The molecule has 33 heavy (non-hydrogen) atoms. The number of rotatable bonds is 9. The summed E-state index contributed by atoms with van der Waals surface area (Å²) in [6.07, 6.45) is 0. The van der Waals surface area contributed by atoms with E-state index in [0.717, 1.165) is 0 Å². The molecule has 0 fully saturated rings. The Kier molecular flexibility index (Phi) is 8.77. The first-order valence-electron chi connectivity index (χ1n) is 12.5. The Morgan fingerprint density at radius 3 is 1.36 bits per heavy atom. The van der Waals surface area contributed by atoms with Crippen LogP contribution in [0.2, 0.25) is 0 Å². The minimum atomic E-state index is 0.237. The number of anilines is 1. The lowest BCUT2D eigenvalue weighted by atomic mass is 9.92. The molecule has 0 spiro atoms. The van der Waals surface area contributed by atoms with E-state index < -0.39 is 0 Å². The molecule has 0 aliphatic rings. The van der Waals surface area contributed by atoms with Crippen LogP contribution >= 0.6 is 8.58 Å². The van der Waals surface area contributed by atoms with Crippen molar-refractivity contribution in [2.24, 2.45) is 0 Å². The Bertz CT molecular complexity index is 916. The van der Waals surface area contributed by atoms with Gasteiger partial charge in [-0.1, -0.05) is 131 Å². The van der Waals surface area contributed by atoms with Gasteiger partial charge in [0.1, 0.15) is 0 Å². The SMILES string of the molecule is CC(C)c1cccc(C(C)C)c1NC(Pc1c(C(C)C)cccc1C(C)C)c1ccccc1. The van der Waals surface area contributed by atoms with Gasteiger partial charge in [0.15, 0.2) is 0 Å². The summed E-state index contributed by atoms with van der Waals surface area (Å²) in [4.78, 5) is 0. The Morgan fingerprint density at radius 1 is 0.515 bits per heavy atom. The monoisotopic (exact) mass is 459 g/mol. The van der Waals surface area contributed by atoms with E-state index in [1.54, 1.807) is 0 Å². The molecule has 0 aliphatic heterocycles. The molecular weight excluding hydrogens is 417 g/mol. The maximum atomic E-state index is 4.09. The fourth-order valence-corrected chi connectivity index (χ4v) is 6.51. The highest BCUT2D eigenvalue weighted by Gasteiger charge is 2.22. The molecule has 2 atom stereocenters. The maximum absolute atomic E-state index is 4.09. The van der Waals surface area contributed by atoms with E-state index in [4.69, 9.17) is 0 Å². The molecule has 0 radical (unpaired) electrons. The molecule has 2 unspecified atom stereocenters. The highest BCUT2D eigenvalue weighted by atomic mass is 31.1. The average molecular weight is 460 g/mol. The lowest BCUT2D eigenvalue weighted by Crippen LogP contribution is -2.19. The van der Waals surface area contributed by atoms with Crippen molar-refractivity contribution in [3.8, 4) is 0 Å². The van der Waals surface area contributed by atoms with Crippen molar-refractivity contribution < 1.29 is 0 Å². The largest absolute Gasteiger partial charge is 0.374 e. The Balaban J connectivity index is 2.15. The van der Waals surface area contributed by atoms with Crippen molar-refractivity contribution in [2.75, 3.05) is 5.32 Å². The number of para-hydroxylation sites is 1. The van der Waals surface area contributed by atoms with Crippen molar-refractivity contribution in [2.45, 2.75) is 84.8 Å². The zero-order valence-electron chi connectivity index (χ0n) is 21.7.